The standard InChI is InChI=1S/C8H8NO2/c10-7-11-6-4-8-3-1-2-5-9-8/h1-3,5H,4,6H2. The normalized spacial score (nSPS) is 9.09. The van der Waals surface area contributed by atoms with Crippen molar-refractivity contribution in [3.63, 3.8) is 0 Å². The average Bonchev–Trinajstić information content (AvgIpc) is 2.07. The van der Waals surface area contributed by atoms with Crippen LogP contribution >= 0.6 is 0 Å². The summed E-state index contributed by atoms with van der Waals surface area (Å²) >= 11 is 0. The highest BCUT2D eigenvalue weighted by Crippen LogP contribution is 1.93. The number of hydrogen-bond donors (Lipinski definition) is 0. The summed E-state index contributed by atoms with van der Waals surface area (Å²) < 4.78 is 4.39. The van der Waals surface area contributed by atoms with Gasteiger partial charge in [0.25, 0.3) is 0 Å². The zero-order chi connectivity index (χ0) is 7.94. The average molecular weight is 150 g/mol. The van der Waals surface area contributed by atoms with Crippen LogP contribution in [0.1, 0.15) is 5.69 Å². The van der Waals surface area contributed by atoms with Gasteiger partial charge in [0.05, 0.1) is 6.61 Å². The Hall–Kier alpha value is -1.38. The Kier molecular flexibility index (Phi) is 3.12. The van der Waals surface area contributed by atoms with Gasteiger partial charge >= 0.3 is 6.47 Å². The molecule has 0 aliphatic carbocycles. The maximum absolute atomic E-state index is 9.63. The van der Waals surface area contributed by atoms with Crippen molar-refractivity contribution in [2.24, 2.45) is 0 Å². The molecule has 3 heteroatoms. The summed E-state index contributed by atoms with van der Waals surface area (Å²) in [7, 11) is 0. The molecule has 1 aromatic heterocycles. The molecule has 0 spiro atoms. The maximum atomic E-state index is 9.63. The second-order valence-corrected chi connectivity index (χ2v) is 2.00. The number of aromatic nitrogens is 1. The predicted octanol–water partition coefficient (Wildman–Crippen LogP) is 0.708. The molecular weight excluding hydrogens is 142 g/mol. The van der Waals surface area contributed by atoms with Gasteiger partial charge in [0, 0.05) is 18.3 Å². The van der Waals surface area contributed by atoms with Gasteiger partial charge in [-0.25, -0.2) is 4.79 Å². The Bertz CT molecular complexity index is 211. The summed E-state index contributed by atoms with van der Waals surface area (Å²) in [6, 6.07) is 5.62. The van der Waals surface area contributed by atoms with Crippen molar-refractivity contribution in [1.29, 1.82) is 0 Å². The lowest BCUT2D eigenvalue weighted by atomic mass is 10.3. The molecule has 1 heterocycles. The van der Waals surface area contributed by atoms with Gasteiger partial charge < -0.3 is 4.74 Å². The van der Waals surface area contributed by atoms with E-state index in [2.05, 4.69) is 9.72 Å². The van der Waals surface area contributed by atoms with E-state index in [0.717, 1.165) is 5.69 Å². The van der Waals surface area contributed by atoms with Crippen LogP contribution in [-0.4, -0.2) is 18.1 Å². The minimum atomic E-state index is 0.348. The number of pyridine rings is 1. The number of carbonyl (C=O) groups excluding carboxylic acids is 1. The number of rotatable bonds is 4. The highest BCUT2D eigenvalue weighted by molar-refractivity contribution is 5.38. The third-order valence-corrected chi connectivity index (χ3v) is 1.25. The summed E-state index contributed by atoms with van der Waals surface area (Å²) in [4.78, 5) is 13.7. The summed E-state index contributed by atoms with van der Waals surface area (Å²) in [6.07, 6.45) is 2.36. The van der Waals surface area contributed by atoms with Crippen LogP contribution in [0.5, 0.6) is 0 Å². The van der Waals surface area contributed by atoms with E-state index in [1.807, 2.05) is 18.2 Å². The van der Waals surface area contributed by atoms with Crippen molar-refractivity contribution < 1.29 is 9.53 Å². The number of hydrogen-bond acceptors (Lipinski definition) is 3. The van der Waals surface area contributed by atoms with E-state index in [0.29, 0.717) is 13.0 Å². The molecule has 0 aliphatic rings. The first kappa shape index (κ1) is 7.72. The minimum Gasteiger partial charge on any atom is -0.457 e. The first-order valence-electron chi connectivity index (χ1n) is 3.32. The van der Waals surface area contributed by atoms with E-state index in [1.165, 1.54) is 6.47 Å². The molecule has 1 rings (SSSR count). The van der Waals surface area contributed by atoms with E-state index in [1.54, 1.807) is 6.20 Å². The van der Waals surface area contributed by atoms with Crippen molar-refractivity contribution >= 4 is 6.47 Å². The lowest BCUT2D eigenvalue weighted by Crippen LogP contribution is -1.97. The quantitative estimate of drug-likeness (QED) is 0.593. The topological polar surface area (TPSA) is 39.2 Å². The van der Waals surface area contributed by atoms with Crippen LogP contribution in [0.15, 0.2) is 24.4 Å². The molecule has 11 heavy (non-hydrogen) atoms. The first-order valence-corrected chi connectivity index (χ1v) is 3.32. The Morgan fingerprint density at radius 1 is 1.55 bits per heavy atom. The van der Waals surface area contributed by atoms with Gasteiger partial charge in [-0.1, -0.05) is 6.07 Å². The van der Waals surface area contributed by atoms with Crippen LogP contribution in [-0.2, 0) is 16.0 Å². The molecule has 57 valence electrons. The van der Waals surface area contributed by atoms with Crippen LogP contribution in [0.2, 0.25) is 0 Å². The molecule has 0 atom stereocenters. The Labute approximate surface area is 65.0 Å². The summed E-state index contributed by atoms with van der Waals surface area (Å²) in [6.45, 7) is 1.71. The molecule has 0 N–H and O–H groups in total. The Morgan fingerprint density at radius 2 is 2.45 bits per heavy atom. The lowest BCUT2D eigenvalue weighted by molar-refractivity contribution is 0.280. The molecule has 0 aromatic carbocycles. The second-order valence-electron chi connectivity index (χ2n) is 2.00. The molecule has 1 aromatic rings. The van der Waals surface area contributed by atoms with Crippen LogP contribution in [0.25, 0.3) is 0 Å². The molecule has 0 aliphatic heterocycles. The Balaban J connectivity index is 2.33. The van der Waals surface area contributed by atoms with E-state index in [-0.39, 0.29) is 0 Å². The zero-order valence-corrected chi connectivity index (χ0v) is 5.99. The predicted molar refractivity (Wildman–Crippen MR) is 39.6 cm³/mol. The monoisotopic (exact) mass is 150 g/mol. The van der Waals surface area contributed by atoms with Gasteiger partial charge in [0.15, 0.2) is 0 Å². The van der Waals surface area contributed by atoms with E-state index in [4.69, 9.17) is 0 Å². The maximum Gasteiger partial charge on any atom is 0.417 e. The highest BCUT2D eigenvalue weighted by Gasteiger charge is 1.91. The fraction of sp³-hybridized carbons (Fsp3) is 0.250. The van der Waals surface area contributed by atoms with Gasteiger partial charge in [-0.05, 0) is 12.1 Å². The van der Waals surface area contributed by atoms with Crippen LogP contribution in [0, 0.1) is 0 Å². The third-order valence-electron chi connectivity index (χ3n) is 1.25. The zero-order valence-electron chi connectivity index (χ0n) is 5.99. The first-order chi connectivity index (χ1) is 5.43. The number of ether oxygens (including phenoxy) is 1. The van der Waals surface area contributed by atoms with E-state index < -0.39 is 0 Å². The molecule has 1 radical (unpaired) electrons. The van der Waals surface area contributed by atoms with Crippen LogP contribution < -0.4 is 0 Å². The van der Waals surface area contributed by atoms with Crippen molar-refractivity contribution in [3.8, 4) is 0 Å². The second kappa shape index (κ2) is 4.44. The fourth-order valence-corrected chi connectivity index (χ4v) is 0.743. The molecule has 0 amide bonds. The van der Waals surface area contributed by atoms with Gasteiger partial charge in [0.2, 0.25) is 0 Å². The van der Waals surface area contributed by atoms with Crippen molar-refractivity contribution in [3.05, 3.63) is 30.1 Å². The molecule has 3 nitrogen and oxygen atoms in total. The van der Waals surface area contributed by atoms with Crippen LogP contribution in [0.4, 0.5) is 0 Å². The molecule has 0 unspecified atom stereocenters. The molecule has 0 saturated carbocycles. The van der Waals surface area contributed by atoms with Gasteiger partial charge in [-0.2, -0.15) is 0 Å². The largest absolute Gasteiger partial charge is 0.457 e. The molecule has 0 fully saturated rings. The van der Waals surface area contributed by atoms with E-state index >= 15 is 0 Å². The fourth-order valence-electron chi connectivity index (χ4n) is 0.743. The third kappa shape index (κ3) is 2.80. The molecular formula is C8H8NO2. The Morgan fingerprint density at radius 3 is 3.09 bits per heavy atom. The molecule has 0 bridgehead atoms. The smallest absolute Gasteiger partial charge is 0.417 e. The summed E-state index contributed by atoms with van der Waals surface area (Å²) in [5.41, 5.74) is 0.919. The summed E-state index contributed by atoms with van der Waals surface area (Å²) in [5.74, 6) is 0. The lowest BCUT2D eigenvalue weighted by Gasteiger charge is -1.96. The van der Waals surface area contributed by atoms with Gasteiger partial charge in [-0.3, -0.25) is 4.98 Å². The summed E-state index contributed by atoms with van der Waals surface area (Å²) in [5, 5.41) is 0. The molecule has 0 saturated heterocycles. The minimum absolute atomic E-state index is 0.348. The van der Waals surface area contributed by atoms with Gasteiger partial charge in [-0.15, -0.1) is 0 Å². The van der Waals surface area contributed by atoms with Crippen LogP contribution in [0.3, 0.4) is 0 Å². The van der Waals surface area contributed by atoms with Crippen molar-refractivity contribution in [1.82, 2.24) is 4.98 Å². The highest BCUT2D eigenvalue weighted by atomic mass is 16.5. The number of nitrogens with zero attached hydrogens (tertiary/aromatic N) is 1. The SMILES string of the molecule is O=[C]OCCc1ccccn1. The van der Waals surface area contributed by atoms with Crippen molar-refractivity contribution in [2.75, 3.05) is 6.61 Å². The van der Waals surface area contributed by atoms with E-state index in [9.17, 15) is 4.79 Å². The van der Waals surface area contributed by atoms with Gasteiger partial charge in [0.1, 0.15) is 0 Å². The van der Waals surface area contributed by atoms with Crippen molar-refractivity contribution in [2.45, 2.75) is 6.42 Å².